The smallest absolute Gasteiger partial charge is 0.336 e. The highest BCUT2D eigenvalue weighted by Crippen LogP contribution is 2.35. The molecule has 38 heavy (non-hydrogen) atoms. The highest BCUT2D eigenvalue weighted by Gasteiger charge is 2.28. The van der Waals surface area contributed by atoms with Gasteiger partial charge < -0.3 is 14.8 Å². The first-order chi connectivity index (χ1) is 17.8. The number of carbonyl (C=O) groups is 2. The van der Waals surface area contributed by atoms with Crippen molar-refractivity contribution in [1.29, 1.82) is 0 Å². The summed E-state index contributed by atoms with van der Waals surface area (Å²) in [4.78, 5) is 36.4. The van der Waals surface area contributed by atoms with Crippen LogP contribution in [0.5, 0.6) is 0 Å². The summed E-state index contributed by atoms with van der Waals surface area (Å²) in [7, 11) is 1.89. The van der Waals surface area contributed by atoms with Crippen molar-refractivity contribution in [2.45, 2.75) is 55.7 Å². The Kier molecular flexibility index (Phi) is 7.21. The molecular formula is C24H27N7O5S2. The second kappa shape index (κ2) is 10.1. The van der Waals surface area contributed by atoms with Crippen molar-refractivity contribution in [3.05, 3.63) is 56.6 Å². The van der Waals surface area contributed by atoms with Gasteiger partial charge in [0.2, 0.25) is 5.13 Å². The van der Waals surface area contributed by atoms with Gasteiger partial charge in [-0.15, -0.1) is 10.2 Å². The third-order valence-corrected chi connectivity index (χ3v) is 7.87. The Labute approximate surface area is 225 Å². The first kappa shape index (κ1) is 27.1. The van der Waals surface area contributed by atoms with E-state index in [1.807, 2.05) is 46.2 Å². The van der Waals surface area contributed by atoms with E-state index in [0.29, 0.717) is 43.4 Å². The number of aromatic carboxylic acids is 2. The maximum Gasteiger partial charge on any atom is 0.336 e. The summed E-state index contributed by atoms with van der Waals surface area (Å²) in [6.45, 7) is 9.89. The fourth-order valence-corrected chi connectivity index (χ4v) is 5.74. The topological polar surface area (TPSA) is 164 Å². The molecule has 0 amide bonds. The van der Waals surface area contributed by atoms with Crippen molar-refractivity contribution in [3.63, 3.8) is 0 Å². The van der Waals surface area contributed by atoms with Crippen molar-refractivity contribution in [3.8, 4) is 0 Å². The number of benzene rings is 1. The number of aromatic nitrogens is 5. The summed E-state index contributed by atoms with van der Waals surface area (Å²) in [6, 6.07) is 4.08. The molecule has 0 aliphatic rings. The Morgan fingerprint density at radius 3 is 2.39 bits per heavy atom. The molecular weight excluding hydrogens is 530 g/mol. The zero-order chi connectivity index (χ0) is 27.9. The number of fused-ring (bicyclic) bond motifs is 1. The predicted octanol–water partition coefficient (Wildman–Crippen LogP) is 4.04. The van der Waals surface area contributed by atoms with E-state index in [4.69, 9.17) is 0 Å². The maximum absolute atomic E-state index is 13.1. The number of rotatable bonds is 8. The van der Waals surface area contributed by atoms with Gasteiger partial charge in [-0.05, 0) is 31.5 Å². The molecule has 0 saturated carbocycles. The van der Waals surface area contributed by atoms with Crippen LogP contribution in [0.25, 0.3) is 5.65 Å². The Hall–Kier alpha value is -3.91. The third-order valence-electron chi connectivity index (χ3n) is 5.99. The minimum absolute atomic E-state index is 0.152. The molecule has 0 unspecified atom stereocenters. The lowest BCUT2D eigenvalue weighted by molar-refractivity contribution is 0.0651. The fraction of sp³-hybridized carbons (Fsp3) is 0.333. The van der Waals surface area contributed by atoms with Gasteiger partial charge in [-0.2, -0.15) is 9.61 Å². The number of nitrogens with one attached hydrogen (secondary N) is 2. The van der Waals surface area contributed by atoms with Gasteiger partial charge in [-0.3, -0.25) is 15.6 Å². The number of hydrogen-bond acceptors (Lipinski definition) is 10. The molecule has 200 valence electrons. The van der Waals surface area contributed by atoms with Crippen molar-refractivity contribution < 1.29 is 19.8 Å². The van der Waals surface area contributed by atoms with Gasteiger partial charge in [0.15, 0.2) is 9.99 Å². The molecule has 0 saturated heterocycles. The predicted molar refractivity (Wildman–Crippen MR) is 145 cm³/mol. The molecule has 4 N–H and O–H groups in total. The quantitative estimate of drug-likeness (QED) is 0.231. The molecule has 0 radical (unpaired) electrons. The number of aryl methyl sites for hydroxylation is 1. The summed E-state index contributed by atoms with van der Waals surface area (Å²) < 4.78 is 3.88. The number of nitrogens with zero attached hydrogens (tertiary/aromatic N) is 5. The zero-order valence-electron chi connectivity index (χ0n) is 21.6. The van der Waals surface area contributed by atoms with Gasteiger partial charge in [0, 0.05) is 28.6 Å². The van der Waals surface area contributed by atoms with Crippen LogP contribution in [0.15, 0.2) is 32.2 Å². The summed E-state index contributed by atoms with van der Waals surface area (Å²) >= 11 is 2.38. The molecule has 4 rings (SSSR count). The molecule has 12 nitrogen and oxygen atoms in total. The lowest BCUT2D eigenvalue weighted by Crippen LogP contribution is -2.25. The van der Waals surface area contributed by atoms with Gasteiger partial charge >= 0.3 is 11.9 Å². The van der Waals surface area contributed by atoms with Crippen molar-refractivity contribution >= 4 is 51.5 Å². The van der Waals surface area contributed by atoms with E-state index in [-0.39, 0.29) is 22.1 Å². The van der Waals surface area contributed by atoms with Gasteiger partial charge in [-0.1, -0.05) is 50.8 Å². The molecule has 0 atom stereocenters. The van der Waals surface area contributed by atoms with Gasteiger partial charge in [0.25, 0.3) is 5.56 Å². The van der Waals surface area contributed by atoms with E-state index >= 15 is 0 Å². The molecule has 0 spiro atoms. The average molecular weight is 558 g/mol. The van der Waals surface area contributed by atoms with E-state index in [2.05, 4.69) is 26.1 Å². The second-order valence-electron chi connectivity index (χ2n) is 9.53. The van der Waals surface area contributed by atoms with E-state index in [0.717, 1.165) is 17.5 Å². The van der Waals surface area contributed by atoms with E-state index in [9.17, 15) is 24.6 Å². The van der Waals surface area contributed by atoms with E-state index in [1.54, 1.807) is 0 Å². The Morgan fingerprint density at radius 1 is 1.11 bits per heavy atom. The van der Waals surface area contributed by atoms with Crippen LogP contribution in [0, 0.1) is 6.92 Å². The summed E-state index contributed by atoms with van der Waals surface area (Å²) in [5.74, 6) is -2.64. The molecule has 1 aromatic carbocycles. The molecule has 0 fully saturated rings. The first-order valence-electron chi connectivity index (χ1n) is 11.6. The van der Waals surface area contributed by atoms with Crippen molar-refractivity contribution in [1.82, 2.24) is 24.4 Å². The Morgan fingerprint density at radius 2 is 1.79 bits per heavy atom. The van der Waals surface area contributed by atoms with Crippen LogP contribution in [0.4, 0.5) is 10.8 Å². The second-order valence-corrected chi connectivity index (χ2v) is 11.8. The van der Waals surface area contributed by atoms with Gasteiger partial charge in [0.05, 0.1) is 16.8 Å². The molecule has 0 aliphatic heterocycles. The van der Waals surface area contributed by atoms with Crippen LogP contribution in [0.3, 0.4) is 0 Å². The van der Waals surface area contributed by atoms with Crippen LogP contribution >= 0.6 is 23.1 Å². The number of carboxylic acids is 2. The molecule has 4 aromatic rings. The molecule has 14 heteroatoms. The third kappa shape index (κ3) is 4.96. The van der Waals surface area contributed by atoms with Crippen LogP contribution in [0.2, 0.25) is 0 Å². The molecule has 0 aliphatic carbocycles. The number of carboxylic acid groups (broad SMARTS) is 2. The number of hydrazine groups is 1. The van der Waals surface area contributed by atoms with Crippen molar-refractivity contribution in [2.24, 2.45) is 7.05 Å². The highest BCUT2D eigenvalue weighted by molar-refractivity contribution is 8.01. The summed E-state index contributed by atoms with van der Waals surface area (Å²) in [5, 5.41) is 31.9. The first-order valence-corrected chi connectivity index (χ1v) is 13.2. The largest absolute Gasteiger partial charge is 0.478 e. The summed E-state index contributed by atoms with van der Waals surface area (Å²) in [6.07, 6.45) is 0.596. The van der Waals surface area contributed by atoms with Crippen LogP contribution in [-0.2, 0) is 18.9 Å². The highest BCUT2D eigenvalue weighted by atomic mass is 32.2. The zero-order valence-corrected chi connectivity index (χ0v) is 23.2. The van der Waals surface area contributed by atoms with Crippen LogP contribution in [0.1, 0.15) is 65.4 Å². The van der Waals surface area contributed by atoms with E-state index in [1.165, 1.54) is 34.1 Å². The average Bonchev–Trinajstić information content (AvgIpc) is 3.46. The molecule has 3 aromatic heterocycles. The normalized spacial score (nSPS) is 11.6. The Bertz CT molecular complexity index is 1630. The fourth-order valence-electron chi connectivity index (χ4n) is 4.02. The lowest BCUT2D eigenvalue weighted by Gasteiger charge is -2.18. The SMILES string of the molecule is CCc1c(C)n(C)c2c(NNc3nnc(Sc4ccc(C(=O)O)c(C(=O)O)c4)s3)c(C(C)(C)C)nn2c1=O. The minimum Gasteiger partial charge on any atom is -0.478 e. The maximum atomic E-state index is 13.1. The number of hydrogen-bond donors (Lipinski definition) is 4. The molecule has 0 bridgehead atoms. The number of anilines is 2. The standard InChI is InChI=1S/C24H27N7O5S2/c1-7-13-11(2)30(6)18-16(17(24(3,4)5)29-31(18)19(13)32)25-26-22-27-28-23(38-22)37-12-8-9-14(20(33)34)15(10-12)21(35)36/h8-10,25H,7H2,1-6H3,(H,26,27)(H,33,34)(H,35,36). The monoisotopic (exact) mass is 557 g/mol. The van der Waals surface area contributed by atoms with Crippen molar-refractivity contribution in [2.75, 3.05) is 10.9 Å². The summed E-state index contributed by atoms with van der Waals surface area (Å²) in [5.41, 5.74) is 8.62. The molecule has 3 heterocycles. The van der Waals surface area contributed by atoms with Gasteiger partial charge in [-0.25, -0.2) is 9.59 Å². The lowest BCUT2D eigenvalue weighted by atomic mass is 9.91. The Balaban J connectivity index is 1.63. The van der Waals surface area contributed by atoms with E-state index < -0.39 is 11.9 Å². The van der Waals surface area contributed by atoms with Crippen LogP contribution in [-0.4, -0.2) is 46.5 Å². The van der Waals surface area contributed by atoms with Gasteiger partial charge in [0.1, 0.15) is 5.69 Å². The minimum atomic E-state index is -1.33. The van der Waals surface area contributed by atoms with Crippen LogP contribution < -0.4 is 16.4 Å².